The molecule has 0 amide bonds. The standard InChI is InChI=1S/C16H33N3/c1-6-19-10-9-18(11-13(19)2)12-14-7-8-16(3,4)15(14)17-5/h13-15,17H,6-12H2,1-5H3. The second kappa shape index (κ2) is 6.11. The minimum absolute atomic E-state index is 0.469. The number of likely N-dealkylation sites (N-methyl/N-ethyl adjacent to an activating group) is 1. The molecule has 0 bridgehead atoms. The summed E-state index contributed by atoms with van der Waals surface area (Å²) >= 11 is 0. The molecule has 0 radical (unpaired) electrons. The van der Waals surface area contributed by atoms with E-state index in [1.807, 2.05) is 0 Å². The first kappa shape index (κ1) is 15.3. The van der Waals surface area contributed by atoms with Crippen LogP contribution in [-0.2, 0) is 0 Å². The summed E-state index contributed by atoms with van der Waals surface area (Å²) < 4.78 is 0. The third kappa shape index (κ3) is 3.32. The molecule has 2 rings (SSSR count). The SMILES string of the molecule is CCN1CCN(CC2CCC(C)(C)C2NC)CC1C. The van der Waals surface area contributed by atoms with Crippen LogP contribution >= 0.6 is 0 Å². The first-order chi connectivity index (χ1) is 8.97. The Morgan fingerprint density at radius 1 is 1.26 bits per heavy atom. The molecule has 0 aromatic carbocycles. The van der Waals surface area contributed by atoms with Gasteiger partial charge < -0.3 is 10.2 Å². The van der Waals surface area contributed by atoms with Crippen LogP contribution < -0.4 is 5.32 Å². The molecule has 0 aromatic rings. The number of nitrogens with zero attached hydrogens (tertiary/aromatic N) is 2. The molecule has 1 aliphatic heterocycles. The van der Waals surface area contributed by atoms with Crippen molar-refractivity contribution in [2.75, 3.05) is 39.8 Å². The molecule has 1 saturated heterocycles. The maximum absolute atomic E-state index is 3.59. The van der Waals surface area contributed by atoms with E-state index in [0.29, 0.717) is 11.5 Å². The highest BCUT2D eigenvalue weighted by molar-refractivity contribution is 4.97. The van der Waals surface area contributed by atoms with E-state index < -0.39 is 0 Å². The van der Waals surface area contributed by atoms with E-state index >= 15 is 0 Å². The highest BCUT2D eigenvalue weighted by Gasteiger charge is 2.41. The summed E-state index contributed by atoms with van der Waals surface area (Å²) in [6.07, 6.45) is 2.76. The molecule has 2 aliphatic rings. The Balaban J connectivity index is 1.88. The third-order valence-corrected chi connectivity index (χ3v) is 5.53. The quantitative estimate of drug-likeness (QED) is 0.841. The summed E-state index contributed by atoms with van der Waals surface area (Å²) in [5.74, 6) is 0.834. The van der Waals surface area contributed by atoms with Gasteiger partial charge in [0.25, 0.3) is 0 Å². The molecular formula is C16H33N3. The van der Waals surface area contributed by atoms with Crippen molar-refractivity contribution < 1.29 is 0 Å². The fourth-order valence-electron chi connectivity index (χ4n) is 4.38. The van der Waals surface area contributed by atoms with Crippen LogP contribution in [0.4, 0.5) is 0 Å². The molecule has 1 saturated carbocycles. The van der Waals surface area contributed by atoms with E-state index in [0.717, 1.165) is 12.0 Å². The predicted molar refractivity (Wildman–Crippen MR) is 82.5 cm³/mol. The molecule has 1 aliphatic carbocycles. The molecule has 3 atom stereocenters. The Labute approximate surface area is 119 Å². The van der Waals surface area contributed by atoms with Gasteiger partial charge in [-0.15, -0.1) is 0 Å². The molecule has 3 nitrogen and oxygen atoms in total. The van der Waals surface area contributed by atoms with Gasteiger partial charge in [0.1, 0.15) is 0 Å². The maximum Gasteiger partial charge on any atom is 0.0195 e. The lowest BCUT2D eigenvalue weighted by atomic mass is 9.84. The van der Waals surface area contributed by atoms with Gasteiger partial charge in [0, 0.05) is 38.3 Å². The van der Waals surface area contributed by atoms with Gasteiger partial charge in [-0.2, -0.15) is 0 Å². The first-order valence-electron chi connectivity index (χ1n) is 8.11. The van der Waals surface area contributed by atoms with Crippen molar-refractivity contribution in [2.24, 2.45) is 11.3 Å². The van der Waals surface area contributed by atoms with Crippen LogP contribution in [0.15, 0.2) is 0 Å². The minimum atomic E-state index is 0.469. The van der Waals surface area contributed by atoms with Crippen molar-refractivity contribution in [3.8, 4) is 0 Å². The summed E-state index contributed by atoms with van der Waals surface area (Å²) in [4.78, 5) is 5.30. The zero-order valence-electron chi connectivity index (χ0n) is 13.6. The van der Waals surface area contributed by atoms with E-state index in [-0.39, 0.29) is 0 Å². The summed E-state index contributed by atoms with van der Waals surface area (Å²) in [7, 11) is 2.14. The van der Waals surface area contributed by atoms with Crippen LogP contribution in [0, 0.1) is 11.3 Å². The average molecular weight is 267 g/mol. The van der Waals surface area contributed by atoms with Gasteiger partial charge in [-0.1, -0.05) is 20.8 Å². The molecule has 0 aromatic heterocycles. The Bertz CT molecular complexity index is 290. The van der Waals surface area contributed by atoms with E-state index in [2.05, 4.69) is 49.9 Å². The van der Waals surface area contributed by atoms with Gasteiger partial charge in [0.05, 0.1) is 0 Å². The molecule has 1 heterocycles. The Kier molecular flexibility index (Phi) is 4.91. The lowest BCUT2D eigenvalue weighted by molar-refractivity contribution is 0.0718. The molecule has 1 N–H and O–H groups in total. The second-order valence-electron chi connectivity index (χ2n) is 7.29. The topological polar surface area (TPSA) is 18.5 Å². The lowest BCUT2D eigenvalue weighted by Gasteiger charge is -2.41. The number of hydrogen-bond donors (Lipinski definition) is 1. The predicted octanol–water partition coefficient (Wildman–Crippen LogP) is 2.04. The maximum atomic E-state index is 3.59. The zero-order chi connectivity index (χ0) is 14.0. The van der Waals surface area contributed by atoms with Crippen LogP contribution in [0.25, 0.3) is 0 Å². The summed E-state index contributed by atoms with van der Waals surface area (Å²) in [6, 6.07) is 1.41. The molecule has 0 spiro atoms. The van der Waals surface area contributed by atoms with Crippen LogP contribution in [0.2, 0.25) is 0 Å². The van der Waals surface area contributed by atoms with Gasteiger partial charge in [-0.3, -0.25) is 4.90 Å². The second-order valence-corrected chi connectivity index (χ2v) is 7.29. The Hall–Kier alpha value is -0.120. The molecule has 2 fully saturated rings. The minimum Gasteiger partial charge on any atom is -0.316 e. The highest BCUT2D eigenvalue weighted by atomic mass is 15.3. The molecule has 3 heteroatoms. The normalized spacial score (nSPS) is 36.8. The number of hydrogen-bond acceptors (Lipinski definition) is 3. The van der Waals surface area contributed by atoms with E-state index in [1.165, 1.54) is 45.6 Å². The summed E-state index contributed by atoms with van der Waals surface area (Å²) in [5, 5.41) is 3.59. The molecular weight excluding hydrogens is 234 g/mol. The fraction of sp³-hybridized carbons (Fsp3) is 1.00. The number of nitrogens with one attached hydrogen (secondary N) is 1. The largest absolute Gasteiger partial charge is 0.316 e. The van der Waals surface area contributed by atoms with Crippen molar-refractivity contribution >= 4 is 0 Å². The summed E-state index contributed by atoms with van der Waals surface area (Å²) in [5.41, 5.74) is 0.469. The van der Waals surface area contributed by atoms with Crippen molar-refractivity contribution in [3.05, 3.63) is 0 Å². The van der Waals surface area contributed by atoms with Gasteiger partial charge in [-0.05, 0) is 44.7 Å². The Morgan fingerprint density at radius 2 is 2.00 bits per heavy atom. The number of rotatable bonds is 4. The number of piperazine rings is 1. The fourth-order valence-corrected chi connectivity index (χ4v) is 4.38. The molecule has 112 valence electrons. The highest BCUT2D eigenvalue weighted by Crippen LogP contribution is 2.41. The van der Waals surface area contributed by atoms with Crippen molar-refractivity contribution in [2.45, 2.75) is 52.6 Å². The van der Waals surface area contributed by atoms with Crippen molar-refractivity contribution in [1.82, 2.24) is 15.1 Å². The van der Waals surface area contributed by atoms with Gasteiger partial charge in [0.2, 0.25) is 0 Å². The first-order valence-corrected chi connectivity index (χ1v) is 8.11. The van der Waals surface area contributed by atoms with Gasteiger partial charge in [0.15, 0.2) is 0 Å². The van der Waals surface area contributed by atoms with Crippen LogP contribution in [0.3, 0.4) is 0 Å². The lowest BCUT2D eigenvalue weighted by Crippen LogP contribution is -2.54. The molecule has 19 heavy (non-hydrogen) atoms. The monoisotopic (exact) mass is 267 g/mol. The van der Waals surface area contributed by atoms with Crippen molar-refractivity contribution in [3.63, 3.8) is 0 Å². The van der Waals surface area contributed by atoms with Gasteiger partial charge in [-0.25, -0.2) is 0 Å². The third-order valence-electron chi connectivity index (χ3n) is 5.53. The van der Waals surface area contributed by atoms with Crippen LogP contribution in [-0.4, -0.2) is 61.7 Å². The average Bonchev–Trinajstić information content (AvgIpc) is 2.64. The van der Waals surface area contributed by atoms with E-state index in [9.17, 15) is 0 Å². The van der Waals surface area contributed by atoms with E-state index in [1.54, 1.807) is 0 Å². The zero-order valence-corrected chi connectivity index (χ0v) is 13.6. The summed E-state index contributed by atoms with van der Waals surface area (Å²) in [6.45, 7) is 15.7. The van der Waals surface area contributed by atoms with E-state index in [4.69, 9.17) is 0 Å². The van der Waals surface area contributed by atoms with Crippen LogP contribution in [0.1, 0.15) is 40.5 Å². The van der Waals surface area contributed by atoms with Crippen LogP contribution in [0.5, 0.6) is 0 Å². The van der Waals surface area contributed by atoms with Crippen molar-refractivity contribution in [1.29, 1.82) is 0 Å². The molecule has 3 unspecified atom stereocenters. The Morgan fingerprint density at radius 3 is 2.58 bits per heavy atom. The van der Waals surface area contributed by atoms with Gasteiger partial charge >= 0.3 is 0 Å². The smallest absolute Gasteiger partial charge is 0.0195 e.